The van der Waals surface area contributed by atoms with Crippen molar-refractivity contribution in [1.29, 1.82) is 0 Å². The Hall–Kier alpha value is -1.47. The van der Waals surface area contributed by atoms with Crippen LogP contribution < -0.4 is 0 Å². The number of carbonyl (C=O) groups is 1. The molecule has 6 nitrogen and oxygen atoms in total. The standard InChI is InChI=1S/C26H39NO5/c1-15-18(13-19(28)14-23(15)29)7-6-17-5-4-11-26(3)21(8-9-22(17)26)16(2)24(30)20-10-12-27(32)25(20)31/h6-7,16,19-24,28-30,32H,1,4-5,8-14H2,2-3H3/t16-,19+,20?,21+,22?,23-,24?,26+/m0/s1. The molecule has 3 unspecified atom stereocenters. The van der Waals surface area contributed by atoms with Crippen LogP contribution in [0, 0.1) is 29.1 Å². The Kier molecular flexibility index (Phi) is 6.70. The molecular weight excluding hydrogens is 406 g/mol. The van der Waals surface area contributed by atoms with Crippen molar-refractivity contribution in [3.8, 4) is 0 Å². The Bertz CT molecular complexity index is 819. The van der Waals surface area contributed by atoms with Crippen molar-refractivity contribution in [3.05, 3.63) is 35.5 Å². The first-order valence-corrected chi connectivity index (χ1v) is 12.3. The van der Waals surface area contributed by atoms with Gasteiger partial charge in [-0.1, -0.05) is 38.2 Å². The van der Waals surface area contributed by atoms with Crippen LogP contribution in [-0.2, 0) is 4.79 Å². The fraction of sp³-hybridized carbons (Fsp3) is 0.731. The number of hydroxylamine groups is 2. The predicted octanol–water partition coefficient (Wildman–Crippen LogP) is 3.36. The second-order valence-electron chi connectivity index (χ2n) is 10.9. The van der Waals surface area contributed by atoms with Gasteiger partial charge in [-0.25, -0.2) is 5.06 Å². The number of fused-ring (bicyclic) bond motifs is 1. The van der Waals surface area contributed by atoms with Crippen LogP contribution in [0.3, 0.4) is 0 Å². The summed E-state index contributed by atoms with van der Waals surface area (Å²) in [5, 5.41) is 41.7. The number of amides is 1. The average molecular weight is 446 g/mol. The van der Waals surface area contributed by atoms with Crippen molar-refractivity contribution < 1.29 is 25.3 Å². The van der Waals surface area contributed by atoms with Crippen LogP contribution in [0.1, 0.15) is 65.2 Å². The van der Waals surface area contributed by atoms with E-state index in [9.17, 15) is 25.3 Å². The van der Waals surface area contributed by atoms with E-state index >= 15 is 0 Å². The van der Waals surface area contributed by atoms with Crippen LogP contribution in [-0.4, -0.2) is 56.4 Å². The highest BCUT2D eigenvalue weighted by Crippen LogP contribution is 2.60. The largest absolute Gasteiger partial charge is 0.393 e. The van der Waals surface area contributed by atoms with Gasteiger partial charge in [0.1, 0.15) is 0 Å². The fourth-order valence-corrected chi connectivity index (χ4v) is 7.22. The molecule has 0 bridgehead atoms. The lowest BCUT2D eigenvalue weighted by molar-refractivity contribution is -0.163. The van der Waals surface area contributed by atoms with E-state index in [1.165, 1.54) is 5.57 Å². The molecule has 4 rings (SSSR count). The highest BCUT2D eigenvalue weighted by molar-refractivity contribution is 5.80. The predicted molar refractivity (Wildman–Crippen MR) is 122 cm³/mol. The third kappa shape index (κ3) is 4.11. The molecule has 1 saturated heterocycles. The molecule has 3 aliphatic carbocycles. The second-order valence-corrected chi connectivity index (χ2v) is 10.9. The summed E-state index contributed by atoms with van der Waals surface area (Å²) < 4.78 is 0. The van der Waals surface area contributed by atoms with Gasteiger partial charge in [0.05, 0.1) is 24.2 Å². The Balaban J connectivity index is 1.52. The summed E-state index contributed by atoms with van der Waals surface area (Å²) in [6.45, 7) is 8.75. The highest BCUT2D eigenvalue weighted by atomic mass is 16.5. The van der Waals surface area contributed by atoms with Crippen molar-refractivity contribution in [2.24, 2.45) is 29.1 Å². The van der Waals surface area contributed by atoms with Crippen molar-refractivity contribution in [1.82, 2.24) is 5.06 Å². The third-order valence-electron chi connectivity index (χ3n) is 9.11. The maximum absolute atomic E-state index is 12.2. The summed E-state index contributed by atoms with van der Waals surface area (Å²) in [6.07, 6.45) is 9.07. The molecule has 0 radical (unpaired) electrons. The first kappa shape index (κ1) is 23.7. The van der Waals surface area contributed by atoms with Gasteiger partial charge in [0.15, 0.2) is 0 Å². The first-order chi connectivity index (χ1) is 15.1. The van der Waals surface area contributed by atoms with Gasteiger partial charge < -0.3 is 15.3 Å². The fourth-order valence-electron chi connectivity index (χ4n) is 7.22. The van der Waals surface area contributed by atoms with Crippen LogP contribution in [0.15, 0.2) is 35.5 Å². The zero-order valence-corrected chi connectivity index (χ0v) is 19.4. The summed E-state index contributed by atoms with van der Waals surface area (Å²) in [5.74, 6) is -0.0968. The molecule has 6 heteroatoms. The number of rotatable bonds is 4. The smallest absolute Gasteiger partial charge is 0.251 e. The number of aliphatic hydroxyl groups excluding tert-OH is 3. The van der Waals surface area contributed by atoms with Gasteiger partial charge in [0.25, 0.3) is 5.91 Å². The normalized spacial score (nSPS) is 42.6. The molecule has 4 aliphatic rings. The van der Waals surface area contributed by atoms with Crippen LogP contribution in [0.5, 0.6) is 0 Å². The topological polar surface area (TPSA) is 101 Å². The lowest BCUT2D eigenvalue weighted by atomic mass is 9.60. The molecule has 3 saturated carbocycles. The van der Waals surface area contributed by atoms with Crippen LogP contribution in [0.2, 0.25) is 0 Å². The Morgan fingerprint density at radius 2 is 1.97 bits per heavy atom. The maximum Gasteiger partial charge on any atom is 0.251 e. The summed E-state index contributed by atoms with van der Waals surface area (Å²) in [6, 6.07) is 0. The molecule has 0 spiro atoms. The molecule has 32 heavy (non-hydrogen) atoms. The number of hydrogen-bond acceptors (Lipinski definition) is 5. The van der Waals surface area contributed by atoms with Gasteiger partial charge in [-0.05, 0) is 79.3 Å². The van der Waals surface area contributed by atoms with E-state index in [2.05, 4.69) is 26.5 Å². The lowest BCUT2D eigenvalue weighted by Gasteiger charge is -2.45. The molecule has 0 aromatic carbocycles. The Labute approximate surface area is 191 Å². The highest BCUT2D eigenvalue weighted by Gasteiger charge is 2.53. The summed E-state index contributed by atoms with van der Waals surface area (Å²) in [7, 11) is 0. The number of carbonyl (C=O) groups excluding carboxylic acids is 1. The summed E-state index contributed by atoms with van der Waals surface area (Å²) in [4.78, 5) is 12.2. The molecule has 8 atom stereocenters. The molecule has 4 fully saturated rings. The number of hydrogen-bond donors (Lipinski definition) is 4. The lowest BCUT2D eigenvalue weighted by Crippen LogP contribution is -2.42. The van der Waals surface area contributed by atoms with Crippen LogP contribution in [0.25, 0.3) is 0 Å². The third-order valence-corrected chi connectivity index (χ3v) is 9.11. The quantitative estimate of drug-likeness (QED) is 0.497. The molecule has 1 aliphatic heterocycles. The van der Waals surface area contributed by atoms with E-state index in [-0.39, 0.29) is 17.2 Å². The number of aliphatic hydroxyl groups is 3. The monoisotopic (exact) mass is 445 g/mol. The molecular formula is C26H39NO5. The van der Waals surface area contributed by atoms with Crippen molar-refractivity contribution >= 4 is 5.91 Å². The van der Waals surface area contributed by atoms with Crippen molar-refractivity contribution in [2.75, 3.05) is 6.54 Å². The van der Waals surface area contributed by atoms with Gasteiger partial charge in [-0.3, -0.25) is 10.0 Å². The molecule has 0 aromatic heterocycles. The average Bonchev–Trinajstić information content (AvgIpc) is 3.27. The second kappa shape index (κ2) is 9.05. The van der Waals surface area contributed by atoms with Gasteiger partial charge in [0, 0.05) is 13.0 Å². The van der Waals surface area contributed by atoms with Gasteiger partial charge in [0.2, 0.25) is 0 Å². The summed E-state index contributed by atoms with van der Waals surface area (Å²) >= 11 is 0. The van der Waals surface area contributed by atoms with E-state index in [4.69, 9.17) is 0 Å². The van der Waals surface area contributed by atoms with Gasteiger partial charge >= 0.3 is 0 Å². The first-order valence-electron chi connectivity index (χ1n) is 12.3. The van der Waals surface area contributed by atoms with Crippen LogP contribution >= 0.6 is 0 Å². The van der Waals surface area contributed by atoms with E-state index < -0.39 is 24.2 Å². The minimum Gasteiger partial charge on any atom is -0.393 e. The minimum atomic E-state index is -0.731. The van der Waals surface area contributed by atoms with Crippen LogP contribution in [0.4, 0.5) is 0 Å². The Morgan fingerprint density at radius 1 is 1.22 bits per heavy atom. The number of nitrogens with zero attached hydrogens (tertiary/aromatic N) is 1. The van der Waals surface area contributed by atoms with E-state index in [0.29, 0.717) is 43.2 Å². The zero-order valence-electron chi connectivity index (χ0n) is 19.4. The van der Waals surface area contributed by atoms with Gasteiger partial charge in [-0.2, -0.15) is 0 Å². The summed E-state index contributed by atoms with van der Waals surface area (Å²) in [5.41, 5.74) is 3.14. The molecule has 178 valence electrons. The minimum absolute atomic E-state index is 0.00780. The maximum atomic E-state index is 12.2. The van der Waals surface area contributed by atoms with Gasteiger partial charge in [-0.15, -0.1) is 0 Å². The SMILES string of the molecule is C=C1C(=CC=C2CCC[C@@]3(C)C2CC[C@@H]3[C@H](C)C(O)C2CCN(O)C2=O)C[C@@H](O)C[C@@H]1O. The molecule has 4 N–H and O–H groups in total. The van der Waals surface area contributed by atoms with E-state index in [0.717, 1.165) is 42.7 Å². The molecule has 0 aromatic rings. The molecule has 1 amide bonds. The zero-order chi connectivity index (χ0) is 23.2. The van der Waals surface area contributed by atoms with Crippen molar-refractivity contribution in [2.45, 2.75) is 83.5 Å². The van der Waals surface area contributed by atoms with E-state index in [1.54, 1.807) is 0 Å². The van der Waals surface area contributed by atoms with E-state index in [1.807, 2.05) is 6.08 Å². The molecule has 1 heterocycles. The number of allylic oxidation sites excluding steroid dienone is 3. The Morgan fingerprint density at radius 3 is 2.66 bits per heavy atom. The van der Waals surface area contributed by atoms with Crippen molar-refractivity contribution in [3.63, 3.8) is 0 Å².